The summed E-state index contributed by atoms with van der Waals surface area (Å²) in [6.45, 7) is 3.77. The molecule has 0 aliphatic heterocycles. The van der Waals surface area contributed by atoms with Gasteiger partial charge in [-0.2, -0.15) is 0 Å². The summed E-state index contributed by atoms with van der Waals surface area (Å²) in [6.07, 6.45) is 1.40. The van der Waals surface area contributed by atoms with Gasteiger partial charge >= 0.3 is 5.97 Å². The zero-order valence-corrected chi connectivity index (χ0v) is 13.6. The Morgan fingerprint density at radius 2 is 2.04 bits per heavy atom. The third-order valence-corrected chi connectivity index (χ3v) is 3.34. The highest BCUT2D eigenvalue weighted by atomic mass is 35.5. The van der Waals surface area contributed by atoms with Gasteiger partial charge in [-0.05, 0) is 35.7 Å². The van der Waals surface area contributed by atoms with Gasteiger partial charge in [-0.25, -0.2) is 9.78 Å². The van der Waals surface area contributed by atoms with Crippen molar-refractivity contribution < 1.29 is 14.3 Å². The van der Waals surface area contributed by atoms with Gasteiger partial charge in [-0.1, -0.05) is 37.6 Å². The van der Waals surface area contributed by atoms with Gasteiger partial charge in [0.15, 0.2) is 6.61 Å². The van der Waals surface area contributed by atoms with Crippen molar-refractivity contribution in [2.24, 2.45) is 0 Å². The minimum Gasteiger partial charge on any atom is -0.452 e. The molecule has 2 aromatic rings. The van der Waals surface area contributed by atoms with E-state index in [4.69, 9.17) is 16.3 Å². The quantitative estimate of drug-likeness (QED) is 0.670. The van der Waals surface area contributed by atoms with E-state index in [1.807, 2.05) is 18.2 Å². The van der Waals surface area contributed by atoms with Crippen LogP contribution < -0.4 is 5.32 Å². The van der Waals surface area contributed by atoms with Crippen LogP contribution in [-0.4, -0.2) is 23.5 Å². The van der Waals surface area contributed by atoms with Crippen molar-refractivity contribution in [3.8, 4) is 0 Å². The highest BCUT2D eigenvalue weighted by Crippen LogP contribution is 2.18. The molecule has 0 fully saturated rings. The van der Waals surface area contributed by atoms with E-state index >= 15 is 0 Å². The number of nitrogens with one attached hydrogen (secondary N) is 1. The van der Waals surface area contributed by atoms with Crippen LogP contribution in [0, 0.1) is 0 Å². The second-order valence-electron chi connectivity index (χ2n) is 5.27. The number of pyridine rings is 1. The van der Waals surface area contributed by atoms with Crippen LogP contribution in [0.3, 0.4) is 0 Å². The fraction of sp³-hybridized carbons (Fsp3) is 0.235. The molecule has 0 saturated carbocycles. The molecular weight excluding hydrogens is 316 g/mol. The molecule has 0 aliphatic rings. The predicted octanol–water partition coefficient (Wildman–Crippen LogP) is 3.65. The Hall–Kier alpha value is -2.40. The monoisotopic (exact) mass is 332 g/mol. The van der Waals surface area contributed by atoms with Gasteiger partial charge in [0, 0.05) is 11.9 Å². The van der Waals surface area contributed by atoms with Crippen LogP contribution in [0.25, 0.3) is 0 Å². The van der Waals surface area contributed by atoms with Crippen LogP contribution in [0.2, 0.25) is 5.15 Å². The number of aromatic nitrogens is 1. The van der Waals surface area contributed by atoms with Crippen LogP contribution >= 0.6 is 11.6 Å². The number of esters is 1. The molecule has 23 heavy (non-hydrogen) atoms. The molecular formula is C17H17ClN2O3. The second kappa shape index (κ2) is 7.74. The number of hydrogen-bond donors (Lipinski definition) is 1. The lowest BCUT2D eigenvalue weighted by Crippen LogP contribution is -2.21. The number of rotatable bonds is 5. The van der Waals surface area contributed by atoms with Crippen molar-refractivity contribution in [1.82, 2.24) is 4.98 Å². The number of carbonyl (C=O) groups is 2. The molecule has 1 aromatic carbocycles. The van der Waals surface area contributed by atoms with Crippen LogP contribution in [0.15, 0.2) is 42.6 Å². The number of hydrogen-bond acceptors (Lipinski definition) is 4. The lowest BCUT2D eigenvalue weighted by Gasteiger charge is -2.10. The van der Waals surface area contributed by atoms with Crippen LogP contribution in [-0.2, 0) is 9.53 Å². The van der Waals surface area contributed by atoms with E-state index in [2.05, 4.69) is 24.1 Å². The predicted molar refractivity (Wildman–Crippen MR) is 88.7 cm³/mol. The van der Waals surface area contributed by atoms with E-state index in [0.29, 0.717) is 11.6 Å². The molecule has 0 bridgehead atoms. The molecule has 1 heterocycles. The molecule has 6 heteroatoms. The molecule has 0 radical (unpaired) electrons. The summed E-state index contributed by atoms with van der Waals surface area (Å²) in [5.74, 6) is -0.666. The number of amides is 1. The van der Waals surface area contributed by atoms with Crippen molar-refractivity contribution in [3.63, 3.8) is 0 Å². The van der Waals surface area contributed by atoms with E-state index in [0.717, 1.165) is 5.56 Å². The Bertz CT molecular complexity index is 716. The van der Waals surface area contributed by atoms with Gasteiger partial charge in [-0.15, -0.1) is 0 Å². The van der Waals surface area contributed by atoms with Crippen molar-refractivity contribution in [2.75, 3.05) is 11.9 Å². The van der Waals surface area contributed by atoms with Crippen LogP contribution in [0.5, 0.6) is 0 Å². The van der Waals surface area contributed by atoms with E-state index in [1.54, 1.807) is 6.07 Å². The summed E-state index contributed by atoms with van der Waals surface area (Å²) in [6, 6.07) is 10.4. The van der Waals surface area contributed by atoms with Crippen molar-refractivity contribution in [2.45, 2.75) is 19.8 Å². The summed E-state index contributed by atoms with van der Waals surface area (Å²) in [4.78, 5) is 27.5. The molecule has 1 aromatic heterocycles. The summed E-state index contributed by atoms with van der Waals surface area (Å²) in [5.41, 5.74) is 2.04. The minimum atomic E-state index is -0.625. The first-order valence-electron chi connectivity index (χ1n) is 7.14. The fourth-order valence-electron chi connectivity index (χ4n) is 1.92. The number of nitrogens with zero attached hydrogens (tertiary/aromatic N) is 1. The number of ether oxygens (including phenoxy) is 1. The molecule has 120 valence electrons. The van der Waals surface area contributed by atoms with E-state index in [-0.39, 0.29) is 17.3 Å². The topological polar surface area (TPSA) is 68.3 Å². The fourth-order valence-corrected chi connectivity index (χ4v) is 2.09. The highest BCUT2D eigenvalue weighted by Gasteiger charge is 2.11. The molecule has 2 rings (SSSR count). The zero-order chi connectivity index (χ0) is 16.8. The Morgan fingerprint density at radius 1 is 1.26 bits per heavy atom. The SMILES string of the molecule is CC(C)c1cccc(NC(=O)COC(=O)c2ccnc(Cl)c2)c1. The Balaban J connectivity index is 1.90. The van der Waals surface area contributed by atoms with E-state index in [9.17, 15) is 9.59 Å². The molecule has 0 unspecified atom stereocenters. The summed E-state index contributed by atoms with van der Waals surface area (Å²) >= 11 is 5.70. The van der Waals surface area contributed by atoms with Gasteiger partial charge < -0.3 is 10.1 Å². The Labute approximate surface area is 139 Å². The lowest BCUT2D eigenvalue weighted by molar-refractivity contribution is -0.119. The molecule has 1 N–H and O–H groups in total. The Kier molecular flexibility index (Phi) is 5.71. The number of halogens is 1. The minimum absolute atomic E-state index is 0.189. The van der Waals surface area contributed by atoms with Crippen molar-refractivity contribution in [1.29, 1.82) is 0 Å². The van der Waals surface area contributed by atoms with Gasteiger partial charge in [0.25, 0.3) is 5.91 Å². The van der Waals surface area contributed by atoms with E-state index in [1.165, 1.54) is 18.3 Å². The third kappa shape index (κ3) is 5.07. The molecule has 0 saturated heterocycles. The number of carbonyl (C=O) groups excluding carboxylic acids is 2. The van der Waals surface area contributed by atoms with Crippen LogP contribution in [0.4, 0.5) is 5.69 Å². The van der Waals surface area contributed by atoms with Gasteiger partial charge in [0.05, 0.1) is 5.56 Å². The average molecular weight is 333 g/mol. The first kappa shape index (κ1) is 17.0. The smallest absolute Gasteiger partial charge is 0.338 e. The van der Waals surface area contributed by atoms with Crippen molar-refractivity contribution >= 4 is 29.2 Å². The normalized spacial score (nSPS) is 10.4. The Morgan fingerprint density at radius 3 is 2.74 bits per heavy atom. The first-order chi connectivity index (χ1) is 11.0. The zero-order valence-electron chi connectivity index (χ0n) is 12.9. The van der Waals surface area contributed by atoms with E-state index < -0.39 is 11.9 Å². The number of anilines is 1. The first-order valence-corrected chi connectivity index (χ1v) is 7.52. The average Bonchev–Trinajstić information content (AvgIpc) is 2.53. The summed E-state index contributed by atoms with van der Waals surface area (Å²) < 4.78 is 4.96. The van der Waals surface area contributed by atoms with Gasteiger partial charge in [0.2, 0.25) is 0 Å². The van der Waals surface area contributed by atoms with Crippen LogP contribution in [0.1, 0.15) is 35.7 Å². The molecule has 1 amide bonds. The maximum Gasteiger partial charge on any atom is 0.338 e. The maximum atomic E-state index is 11.9. The maximum absolute atomic E-state index is 11.9. The second-order valence-corrected chi connectivity index (χ2v) is 5.66. The summed E-state index contributed by atoms with van der Waals surface area (Å²) in [7, 11) is 0. The van der Waals surface area contributed by atoms with Gasteiger partial charge in [0.1, 0.15) is 5.15 Å². The third-order valence-electron chi connectivity index (χ3n) is 3.13. The molecule has 0 aliphatic carbocycles. The molecule has 5 nitrogen and oxygen atoms in total. The largest absolute Gasteiger partial charge is 0.452 e. The summed E-state index contributed by atoms with van der Waals surface area (Å²) in [5, 5.41) is 2.89. The molecule has 0 atom stereocenters. The van der Waals surface area contributed by atoms with Crippen molar-refractivity contribution in [3.05, 3.63) is 58.9 Å². The molecule has 0 spiro atoms. The standard InChI is InChI=1S/C17H17ClN2O3/c1-11(2)12-4-3-5-14(8-12)20-16(21)10-23-17(22)13-6-7-19-15(18)9-13/h3-9,11H,10H2,1-2H3,(H,20,21). The lowest BCUT2D eigenvalue weighted by atomic mass is 10.0. The highest BCUT2D eigenvalue weighted by molar-refractivity contribution is 6.29. The number of benzene rings is 1. The van der Waals surface area contributed by atoms with Gasteiger partial charge in [-0.3, -0.25) is 4.79 Å².